The number of anilines is 2. The van der Waals surface area contributed by atoms with E-state index in [4.69, 9.17) is 21.1 Å². The second kappa shape index (κ2) is 8.79. The van der Waals surface area contributed by atoms with Crippen LogP contribution in [0.4, 0.5) is 17.1 Å². The van der Waals surface area contributed by atoms with Gasteiger partial charge in [-0.25, -0.2) is 0 Å². The van der Waals surface area contributed by atoms with Crippen LogP contribution in [-0.2, 0) is 6.61 Å². The fraction of sp³-hybridized carbons (Fsp3) is 0.227. The van der Waals surface area contributed by atoms with Crippen LogP contribution >= 0.6 is 11.6 Å². The summed E-state index contributed by atoms with van der Waals surface area (Å²) in [7, 11) is 0. The van der Waals surface area contributed by atoms with E-state index in [-0.39, 0.29) is 17.9 Å². The normalized spacial score (nSPS) is 13.4. The van der Waals surface area contributed by atoms with Gasteiger partial charge in [0, 0.05) is 36.5 Å². The highest BCUT2D eigenvalue weighted by molar-refractivity contribution is 6.33. The van der Waals surface area contributed by atoms with Crippen molar-refractivity contribution in [3.05, 3.63) is 75.0 Å². The first-order chi connectivity index (χ1) is 15.0. The number of nitro benzene ring substituents is 1. The standard InChI is InChI=1S/C22H20ClN3O5/c23-19-11-14(3-6-17(19)21-8-5-16(13-27)31-21)24-22(28)18-12-15(26(29)30)4-7-20(18)25-9-1-2-10-25/h3-8,11-12,27H,1-2,9-10,13H2,(H,24,28). The van der Waals surface area contributed by atoms with Crippen LogP contribution in [0, 0.1) is 10.1 Å². The average Bonchev–Trinajstić information content (AvgIpc) is 3.45. The number of furan rings is 1. The number of carbonyl (C=O) groups excluding carboxylic acids is 1. The van der Waals surface area contributed by atoms with Crippen LogP contribution in [0.15, 0.2) is 52.9 Å². The lowest BCUT2D eigenvalue weighted by molar-refractivity contribution is -0.384. The second-order valence-electron chi connectivity index (χ2n) is 7.23. The summed E-state index contributed by atoms with van der Waals surface area (Å²) in [5.41, 5.74) is 1.85. The molecule has 0 unspecified atom stereocenters. The lowest BCUT2D eigenvalue weighted by atomic mass is 10.1. The van der Waals surface area contributed by atoms with Gasteiger partial charge in [0.25, 0.3) is 11.6 Å². The number of aliphatic hydroxyl groups is 1. The summed E-state index contributed by atoms with van der Waals surface area (Å²) in [6, 6.07) is 12.7. The van der Waals surface area contributed by atoms with E-state index >= 15 is 0 Å². The smallest absolute Gasteiger partial charge is 0.270 e. The zero-order valence-corrected chi connectivity index (χ0v) is 17.3. The molecule has 1 fully saturated rings. The van der Waals surface area contributed by atoms with Crippen molar-refractivity contribution in [3.63, 3.8) is 0 Å². The fourth-order valence-electron chi connectivity index (χ4n) is 3.65. The number of non-ortho nitro benzene ring substituents is 1. The third kappa shape index (κ3) is 4.40. The van der Waals surface area contributed by atoms with Crippen molar-refractivity contribution in [1.29, 1.82) is 0 Å². The lowest BCUT2D eigenvalue weighted by Gasteiger charge is -2.21. The summed E-state index contributed by atoms with van der Waals surface area (Å²) >= 11 is 6.38. The van der Waals surface area contributed by atoms with E-state index in [0.29, 0.717) is 33.5 Å². The molecule has 2 N–H and O–H groups in total. The lowest BCUT2D eigenvalue weighted by Crippen LogP contribution is -2.23. The number of nitrogens with zero attached hydrogens (tertiary/aromatic N) is 2. The first-order valence-corrected chi connectivity index (χ1v) is 10.2. The van der Waals surface area contributed by atoms with E-state index < -0.39 is 10.8 Å². The van der Waals surface area contributed by atoms with E-state index in [2.05, 4.69) is 10.2 Å². The Morgan fingerprint density at radius 1 is 1.16 bits per heavy atom. The molecule has 1 aliphatic rings. The maximum Gasteiger partial charge on any atom is 0.270 e. The quantitative estimate of drug-likeness (QED) is 0.418. The Labute approximate surface area is 183 Å². The van der Waals surface area contributed by atoms with E-state index in [1.54, 1.807) is 36.4 Å². The largest absolute Gasteiger partial charge is 0.459 e. The van der Waals surface area contributed by atoms with Crippen molar-refractivity contribution >= 4 is 34.6 Å². The van der Waals surface area contributed by atoms with Crippen molar-refractivity contribution in [2.75, 3.05) is 23.3 Å². The molecule has 31 heavy (non-hydrogen) atoms. The highest BCUT2D eigenvalue weighted by Crippen LogP contribution is 2.33. The van der Waals surface area contributed by atoms with Crippen molar-refractivity contribution in [2.24, 2.45) is 0 Å². The van der Waals surface area contributed by atoms with Crippen LogP contribution in [0.3, 0.4) is 0 Å². The van der Waals surface area contributed by atoms with Crippen molar-refractivity contribution < 1.29 is 19.2 Å². The number of nitrogens with one attached hydrogen (secondary N) is 1. The van der Waals surface area contributed by atoms with Crippen LogP contribution < -0.4 is 10.2 Å². The Kier molecular flexibility index (Phi) is 5.92. The zero-order chi connectivity index (χ0) is 22.0. The SMILES string of the molecule is O=C(Nc1ccc(-c2ccc(CO)o2)c(Cl)c1)c1cc([N+](=O)[O-])ccc1N1CCCC1. The minimum atomic E-state index is -0.514. The maximum atomic E-state index is 13.0. The minimum absolute atomic E-state index is 0.140. The van der Waals surface area contributed by atoms with Crippen LogP contribution in [0.5, 0.6) is 0 Å². The first-order valence-electron chi connectivity index (χ1n) is 9.80. The van der Waals surface area contributed by atoms with Gasteiger partial charge in [-0.05, 0) is 49.2 Å². The molecule has 0 atom stereocenters. The van der Waals surface area contributed by atoms with Gasteiger partial charge in [-0.1, -0.05) is 11.6 Å². The molecule has 0 radical (unpaired) electrons. The van der Waals surface area contributed by atoms with Gasteiger partial charge in [-0.15, -0.1) is 0 Å². The summed E-state index contributed by atoms with van der Waals surface area (Å²) in [5, 5.41) is 23.5. The number of carbonyl (C=O) groups is 1. The summed E-state index contributed by atoms with van der Waals surface area (Å²) in [4.78, 5) is 25.8. The van der Waals surface area contributed by atoms with E-state index in [0.717, 1.165) is 25.9 Å². The van der Waals surface area contributed by atoms with Crippen LogP contribution in [0.25, 0.3) is 11.3 Å². The summed E-state index contributed by atoms with van der Waals surface area (Å²) in [6.45, 7) is 1.39. The fourth-order valence-corrected chi connectivity index (χ4v) is 3.93. The Morgan fingerprint density at radius 2 is 1.94 bits per heavy atom. The molecule has 0 aliphatic carbocycles. The van der Waals surface area contributed by atoms with Gasteiger partial charge in [0.05, 0.1) is 21.2 Å². The van der Waals surface area contributed by atoms with Gasteiger partial charge in [0.15, 0.2) is 0 Å². The summed E-state index contributed by atoms with van der Waals surface area (Å²) in [6.07, 6.45) is 2.03. The van der Waals surface area contributed by atoms with E-state index in [1.807, 2.05) is 0 Å². The minimum Gasteiger partial charge on any atom is -0.459 e. The molecule has 0 saturated carbocycles. The summed E-state index contributed by atoms with van der Waals surface area (Å²) in [5.74, 6) is 0.473. The number of amides is 1. The van der Waals surface area contributed by atoms with Gasteiger partial charge in [-0.3, -0.25) is 14.9 Å². The number of hydrogen-bond acceptors (Lipinski definition) is 6. The Bertz CT molecular complexity index is 1140. The van der Waals surface area contributed by atoms with Crippen molar-refractivity contribution in [3.8, 4) is 11.3 Å². The molecule has 1 saturated heterocycles. The maximum absolute atomic E-state index is 13.0. The van der Waals surface area contributed by atoms with Gasteiger partial charge < -0.3 is 19.7 Å². The van der Waals surface area contributed by atoms with Crippen LogP contribution in [0.1, 0.15) is 29.0 Å². The van der Waals surface area contributed by atoms with Crippen molar-refractivity contribution in [2.45, 2.75) is 19.4 Å². The first kappa shape index (κ1) is 20.9. The number of hydrogen-bond donors (Lipinski definition) is 2. The van der Waals surface area contributed by atoms with E-state index in [1.165, 1.54) is 12.1 Å². The molecule has 1 aromatic heterocycles. The summed E-state index contributed by atoms with van der Waals surface area (Å²) < 4.78 is 5.51. The van der Waals surface area contributed by atoms with Crippen LogP contribution in [0.2, 0.25) is 5.02 Å². The molecule has 2 heterocycles. The third-order valence-corrected chi connectivity index (χ3v) is 5.50. The molecule has 0 bridgehead atoms. The van der Waals surface area contributed by atoms with Gasteiger partial charge in [0.1, 0.15) is 18.1 Å². The number of benzene rings is 2. The highest BCUT2D eigenvalue weighted by Gasteiger charge is 2.23. The Morgan fingerprint density at radius 3 is 2.58 bits per heavy atom. The van der Waals surface area contributed by atoms with E-state index in [9.17, 15) is 14.9 Å². The number of nitro groups is 1. The molecule has 0 spiro atoms. The Balaban J connectivity index is 1.61. The molecular formula is C22H20ClN3O5. The second-order valence-corrected chi connectivity index (χ2v) is 7.63. The molecule has 4 rings (SSSR count). The van der Waals surface area contributed by atoms with Gasteiger partial charge >= 0.3 is 0 Å². The van der Waals surface area contributed by atoms with Gasteiger partial charge in [-0.2, -0.15) is 0 Å². The number of rotatable bonds is 6. The predicted octanol–water partition coefficient (Wildman–Crippen LogP) is 4.85. The monoisotopic (exact) mass is 441 g/mol. The molecule has 9 heteroatoms. The number of halogens is 1. The molecule has 3 aromatic rings. The average molecular weight is 442 g/mol. The third-order valence-electron chi connectivity index (χ3n) is 5.19. The van der Waals surface area contributed by atoms with Crippen molar-refractivity contribution in [1.82, 2.24) is 0 Å². The number of aliphatic hydroxyl groups excluding tert-OH is 1. The highest BCUT2D eigenvalue weighted by atomic mass is 35.5. The Hall–Kier alpha value is -3.36. The zero-order valence-electron chi connectivity index (χ0n) is 16.5. The molecule has 2 aromatic carbocycles. The topological polar surface area (TPSA) is 109 Å². The van der Waals surface area contributed by atoms with Crippen LogP contribution in [-0.4, -0.2) is 29.0 Å². The molecule has 8 nitrogen and oxygen atoms in total. The molecule has 1 amide bonds. The molecule has 160 valence electrons. The molecular weight excluding hydrogens is 422 g/mol. The van der Waals surface area contributed by atoms with Gasteiger partial charge in [0.2, 0.25) is 0 Å². The molecule has 1 aliphatic heterocycles. The predicted molar refractivity (Wildman–Crippen MR) is 118 cm³/mol.